The van der Waals surface area contributed by atoms with E-state index >= 15 is 0 Å². The number of hydrogen-bond acceptors (Lipinski definition) is 2. The van der Waals surface area contributed by atoms with Crippen LogP contribution in [0.1, 0.15) is 39.5 Å². The normalized spacial score (nSPS) is 21.0. The molecule has 0 heterocycles. The van der Waals surface area contributed by atoms with Gasteiger partial charge in [0.05, 0.1) is 6.07 Å². The number of anilines is 1. The number of benzene rings is 1. The number of nitrogens with zero attached hydrogens (tertiary/aromatic N) is 1. The molecule has 0 radical (unpaired) electrons. The molecule has 3 heteroatoms. The Morgan fingerprint density at radius 3 is 2.44 bits per heavy atom. The Hall–Kier alpha value is -1.01. The molecule has 1 N–H and O–H groups in total. The molecule has 1 saturated carbocycles. The van der Waals surface area contributed by atoms with Gasteiger partial charge in [0.1, 0.15) is 5.54 Å². The minimum atomic E-state index is -0.393. The molecule has 0 bridgehead atoms. The lowest BCUT2D eigenvalue weighted by molar-refractivity contribution is 0.206. The highest BCUT2D eigenvalue weighted by molar-refractivity contribution is 9.10. The van der Waals surface area contributed by atoms with Crippen LogP contribution in [0.15, 0.2) is 28.7 Å². The van der Waals surface area contributed by atoms with Crippen LogP contribution in [0.4, 0.5) is 5.69 Å². The van der Waals surface area contributed by atoms with Crippen molar-refractivity contribution < 1.29 is 0 Å². The zero-order valence-electron chi connectivity index (χ0n) is 11.0. The van der Waals surface area contributed by atoms with E-state index in [9.17, 15) is 5.26 Å². The lowest BCUT2D eigenvalue weighted by atomic mass is 9.70. The van der Waals surface area contributed by atoms with Gasteiger partial charge in [-0.25, -0.2) is 0 Å². The van der Waals surface area contributed by atoms with Crippen LogP contribution in [0.3, 0.4) is 0 Å². The summed E-state index contributed by atoms with van der Waals surface area (Å²) in [6, 6.07) is 10.5. The van der Waals surface area contributed by atoms with Crippen LogP contribution < -0.4 is 5.32 Å². The maximum absolute atomic E-state index is 9.52. The van der Waals surface area contributed by atoms with Gasteiger partial charge in [-0.3, -0.25) is 0 Å². The summed E-state index contributed by atoms with van der Waals surface area (Å²) in [5.41, 5.74) is 1.00. The molecule has 1 fully saturated rings. The van der Waals surface area contributed by atoms with Crippen LogP contribution in [0.25, 0.3) is 0 Å². The van der Waals surface area contributed by atoms with Crippen molar-refractivity contribution in [3.05, 3.63) is 28.7 Å². The Morgan fingerprint density at radius 1 is 1.22 bits per heavy atom. The van der Waals surface area contributed by atoms with Gasteiger partial charge in [0.2, 0.25) is 0 Å². The van der Waals surface area contributed by atoms with E-state index in [1.807, 2.05) is 24.3 Å². The molecule has 1 aromatic rings. The predicted octanol–water partition coefficient (Wildman–Crippen LogP) is 4.72. The summed E-state index contributed by atoms with van der Waals surface area (Å²) in [6.07, 6.45) is 4.04. The molecule has 96 valence electrons. The van der Waals surface area contributed by atoms with Crippen molar-refractivity contribution in [3.63, 3.8) is 0 Å². The molecular formula is C15H19BrN2. The highest BCUT2D eigenvalue weighted by atomic mass is 79.9. The van der Waals surface area contributed by atoms with E-state index in [0.29, 0.717) is 5.41 Å². The van der Waals surface area contributed by atoms with Crippen LogP contribution in [-0.4, -0.2) is 5.54 Å². The molecule has 0 amide bonds. The maximum atomic E-state index is 9.52. The Bertz CT molecular complexity index is 464. The fourth-order valence-corrected chi connectivity index (χ4v) is 2.86. The van der Waals surface area contributed by atoms with Crippen molar-refractivity contribution >= 4 is 21.6 Å². The molecule has 0 atom stereocenters. The summed E-state index contributed by atoms with van der Waals surface area (Å²) in [4.78, 5) is 0. The average Bonchev–Trinajstić information content (AvgIpc) is 2.33. The smallest absolute Gasteiger partial charge is 0.125 e. The summed E-state index contributed by atoms with van der Waals surface area (Å²) < 4.78 is 1.04. The summed E-state index contributed by atoms with van der Waals surface area (Å²) in [5.74, 6) is 0. The van der Waals surface area contributed by atoms with Gasteiger partial charge in [0.15, 0.2) is 0 Å². The molecule has 1 aliphatic rings. The minimum Gasteiger partial charge on any atom is -0.367 e. The number of nitriles is 1. The van der Waals surface area contributed by atoms with Crippen molar-refractivity contribution in [1.82, 2.24) is 0 Å². The zero-order chi connectivity index (χ0) is 13.2. The van der Waals surface area contributed by atoms with Crippen LogP contribution in [0, 0.1) is 16.7 Å². The van der Waals surface area contributed by atoms with Crippen LogP contribution in [0.5, 0.6) is 0 Å². The molecule has 0 unspecified atom stereocenters. The third-order valence-corrected chi connectivity index (χ3v) is 4.37. The fourth-order valence-electron chi connectivity index (χ4n) is 2.46. The lowest BCUT2D eigenvalue weighted by Crippen LogP contribution is -2.42. The highest BCUT2D eigenvalue weighted by Crippen LogP contribution is 2.41. The number of nitrogens with one attached hydrogen (secondary N) is 1. The van der Waals surface area contributed by atoms with Gasteiger partial charge >= 0.3 is 0 Å². The Balaban J connectivity index is 2.13. The van der Waals surface area contributed by atoms with E-state index in [-0.39, 0.29) is 0 Å². The predicted molar refractivity (Wildman–Crippen MR) is 78.4 cm³/mol. The second-order valence-corrected chi connectivity index (χ2v) is 6.91. The first-order valence-corrected chi connectivity index (χ1v) is 7.19. The van der Waals surface area contributed by atoms with Crippen molar-refractivity contribution in [2.75, 3.05) is 5.32 Å². The standard InChI is InChI=1S/C15H19BrN2/c1-14(2)6-8-15(11-17,9-7-14)18-13-5-3-4-12(16)10-13/h3-5,10,18H,6-9H2,1-2H3. The van der Waals surface area contributed by atoms with Crippen molar-refractivity contribution in [3.8, 4) is 6.07 Å². The average molecular weight is 307 g/mol. The summed E-state index contributed by atoms with van der Waals surface area (Å²) in [6.45, 7) is 4.57. The summed E-state index contributed by atoms with van der Waals surface area (Å²) in [5, 5.41) is 12.9. The second-order valence-electron chi connectivity index (χ2n) is 5.99. The van der Waals surface area contributed by atoms with Gasteiger partial charge in [0.25, 0.3) is 0 Å². The quantitative estimate of drug-likeness (QED) is 0.858. The number of rotatable bonds is 2. The van der Waals surface area contributed by atoms with E-state index in [4.69, 9.17) is 0 Å². The second kappa shape index (κ2) is 4.93. The van der Waals surface area contributed by atoms with Gasteiger partial charge in [-0.15, -0.1) is 0 Å². The highest BCUT2D eigenvalue weighted by Gasteiger charge is 2.38. The molecule has 0 spiro atoms. The first kappa shape index (κ1) is 13.4. The summed E-state index contributed by atoms with van der Waals surface area (Å²) in [7, 11) is 0. The van der Waals surface area contributed by atoms with Gasteiger partial charge < -0.3 is 5.32 Å². The Kier molecular flexibility index (Phi) is 3.68. The lowest BCUT2D eigenvalue weighted by Gasteiger charge is -2.40. The SMILES string of the molecule is CC1(C)CCC(C#N)(Nc2cccc(Br)c2)CC1. The molecular weight excluding hydrogens is 288 g/mol. The molecule has 0 saturated heterocycles. The van der Waals surface area contributed by atoms with Gasteiger partial charge in [-0.1, -0.05) is 35.8 Å². The first-order chi connectivity index (χ1) is 8.45. The molecule has 1 aliphatic carbocycles. The van der Waals surface area contributed by atoms with E-state index in [1.54, 1.807) is 0 Å². The molecule has 1 aromatic carbocycles. The van der Waals surface area contributed by atoms with E-state index < -0.39 is 5.54 Å². The van der Waals surface area contributed by atoms with Crippen molar-refractivity contribution in [1.29, 1.82) is 5.26 Å². The van der Waals surface area contributed by atoms with E-state index in [2.05, 4.69) is 41.2 Å². The Morgan fingerprint density at radius 2 is 1.89 bits per heavy atom. The number of halogens is 1. The van der Waals surface area contributed by atoms with Crippen LogP contribution in [0.2, 0.25) is 0 Å². The zero-order valence-corrected chi connectivity index (χ0v) is 12.5. The van der Waals surface area contributed by atoms with Crippen molar-refractivity contribution in [2.45, 2.75) is 45.1 Å². The minimum absolute atomic E-state index is 0.374. The summed E-state index contributed by atoms with van der Waals surface area (Å²) >= 11 is 3.46. The Labute approximate surface area is 118 Å². The first-order valence-electron chi connectivity index (χ1n) is 6.40. The monoisotopic (exact) mass is 306 g/mol. The van der Waals surface area contributed by atoms with E-state index in [0.717, 1.165) is 35.8 Å². The molecule has 0 aromatic heterocycles. The third-order valence-electron chi connectivity index (χ3n) is 3.88. The van der Waals surface area contributed by atoms with Gasteiger partial charge in [-0.05, 0) is 49.3 Å². The largest absolute Gasteiger partial charge is 0.367 e. The van der Waals surface area contributed by atoms with Crippen LogP contribution >= 0.6 is 15.9 Å². The topological polar surface area (TPSA) is 35.8 Å². The molecule has 0 aliphatic heterocycles. The number of hydrogen-bond donors (Lipinski definition) is 1. The van der Waals surface area contributed by atoms with E-state index in [1.165, 1.54) is 0 Å². The van der Waals surface area contributed by atoms with Crippen LogP contribution in [-0.2, 0) is 0 Å². The molecule has 18 heavy (non-hydrogen) atoms. The van der Waals surface area contributed by atoms with Gasteiger partial charge in [-0.2, -0.15) is 5.26 Å². The third kappa shape index (κ3) is 3.05. The molecule has 2 nitrogen and oxygen atoms in total. The fraction of sp³-hybridized carbons (Fsp3) is 0.533. The molecule has 2 rings (SSSR count). The van der Waals surface area contributed by atoms with Gasteiger partial charge in [0, 0.05) is 10.2 Å². The maximum Gasteiger partial charge on any atom is 0.125 e. The van der Waals surface area contributed by atoms with Crippen molar-refractivity contribution in [2.24, 2.45) is 5.41 Å².